The third kappa shape index (κ3) is 85.8. The zero-order valence-corrected chi connectivity index (χ0v) is 74.7. The van der Waals surface area contributed by atoms with Gasteiger partial charge in [-0.15, -0.1) is 0 Å². The van der Waals surface area contributed by atoms with Crippen molar-refractivity contribution in [2.24, 2.45) is 0 Å². The Balaban J connectivity index is 5.20. The minimum absolute atomic E-state index is 0.109. The predicted octanol–water partition coefficient (Wildman–Crippen LogP) is 28.9. The van der Waals surface area contributed by atoms with Crippen LogP contribution in [0.4, 0.5) is 0 Å². The average Bonchev–Trinajstić information content (AvgIpc) is 0.903. The Morgan fingerprint density at radius 3 is 0.532 bits per heavy atom. The van der Waals surface area contributed by atoms with Crippen LogP contribution >= 0.6 is 15.6 Å². The Morgan fingerprint density at radius 2 is 0.360 bits per heavy atom. The van der Waals surface area contributed by atoms with Crippen molar-refractivity contribution >= 4 is 39.5 Å². The molecule has 0 rings (SSSR count). The van der Waals surface area contributed by atoms with Crippen molar-refractivity contribution in [2.45, 2.75) is 528 Å². The maximum Gasteiger partial charge on any atom is 0.472 e. The van der Waals surface area contributed by atoms with Gasteiger partial charge in [0, 0.05) is 25.7 Å². The molecule has 19 heteroatoms. The summed E-state index contributed by atoms with van der Waals surface area (Å²) in [7, 11) is -9.93. The van der Waals surface area contributed by atoms with Crippen LogP contribution in [-0.4, -0.2) is 96.7 Å². The first kappa shape index (κ1) is 109. The van der Waals surface area contributed by atoms with Crippen molar-refractivity contribution in [3.8, 4) is 0 Å². The van der Waals surface area contributed by atoms with E-state index in [2.05, 4.69) is 27.7 Å². The largest absolute Gasteiger partial charge is 0.472 e. The lowest BCUT2D eigenvalue weighted by atomic mass is 10.0. The van der Waals surface area contributed by atoms with E-state index in [1.807, 2.05) is 0 Å². The number of rotatable bonds is 93. The first-order chi connectivity index (χ1) is 54.2. The van der Waals surface area contributed by atoms with Crippen LogP contribution in [0.15, 0.2) is 0 Å². The van der Waals surface area contributed by atoms with Crippen LogP contribution in [0.2, 0.25) is 0 Å². The van der Waals surface area contributed by atoms with Crippen LogP contribution in [-0.2, 0) is 65.4 Å². The molecule has 2 unspecified atom stereocenters. The van der Waals surface area contributed by atoms with Gasteiger partial charge in [-0.3, -0.25) is 37.3 Å². The lowest BCUT2D eigenvalue weighted by Crippen LogP contribution is -2.30. The molecule has 0 aliphatic rings. The van der Waals surface area contributed by atoms with Crippen molar-refractivity contribution in [3.63, 3.8) is 0 Å². The summed E-state index contributed by atoms with van der Waals surface area (Å²) >= 11 is 0. The van der Waals surface area contributed by atoms with Gasteiger partial charge in [-0.1, -0.05) is 458 Å². The van der Waals surface area contributed by atoms with Crippen molar-refractivity contribution in [2.75, 3.05) is 39.6 Å². The van der Waals surface area contributed by atoms with E-state index in [4.69, 9.17) is 37.0 Å². The average molecular weight is 1620 g/mol. The second-order valence-electron chi connectivity index (χ2n) is 33.1. The van der Waals surface area contributed by atoms with E-state index in [-0.39, 0.29) is 25.7 Å². The monoisotopic (exact) mass is 1620 g/mol. The van der Waals surface area contributed by atoms with Gasteiger partial charge in [0.25, 0.3) is 0 Å². The van der Waals surface area contributed by atoms with Crippen LogP contribution < -0.4 is 0 Å². The second kappa shape index (κ2) is 85.9. The fraction of sp³-hybridized carbons (Fsp3) is 0.957. The molecule has 5 atom stereocenters. The topological polar surface area (TPSA) is 237 Å². The quantitative estimate of drug-likeness (QED) is 0.0222. The highest BCUT2D eigenvalue weighted by molar-refractivity contribution is 7.47. The number of phosphoric acid groups is 2. The fourth-order valence-electron chi connectivity index (χ4n) is 14.6. The summed E-state index contributed by atoms with van der Waals surface area (Å²) in [6.45, 7) is 5.08. The lowest BCUT2D eigenvalue weighted by molar-refractivity contribution is -0.161. The van der Waals surface area contributed by atoms with Gasteiger partial charge >= 0.3 is 39.5 Å². The molecule has 0 aromatic heterocycles. The lowest BCUT2D eigenvalue weighted by Gasteiger charge is -2.21. The van der Waals surface area contributed by atoms with Gasteiger partial charge in [0.1, 0.15) is 19.3 Å². The number of carbonyl (C=O) groups excluding carboxylic acids is 4. The smallest absolute Gasteiger partial charge is 0.462 e. The van der Waals surface area contributed by atoms with Crippen LogP contribution in [0, 0.1) is 0 Å². The molecule has 0 saturated carbocycles. The Bertz CT molecular complexity index is 2090. The van der Waals surface area contributed by atoms with Gasteiger partial charge in [-0.2, -0.15) is 0 Å². The van der Waals surface area contributed by atoms with Crippen molar-refractivity contribution < 1.29 is 80.2 Å². The Labute approximate surface area is 683 Å². The molecule has 111 heavy (non-hydrogen) atoms. The zero-order valence-electron chi connectivity index (χ0n) is 73.0. The van der Waals surface area contributed by atoms with Crippen LogP contribution in [0.25, 0.3) is 0 Å². The third-order valence-corrected chi connectivity index (χ3v) is 23.8. The molecule has 0 saturated heterocycles. The molecular weight excluding hydrogens is 1440 g/mol. The van der Waals surface area contributed by atoms with E-state index in [1.54, 1.807) is 0 Å². The molecule has 0 aliphatic carbocycles. The number of phosphoric ester groups is 2. The molecule has 0 fully saturated rings. The van der Waals surface area contributed by atoms with E-state index in [0.29, 0.717) is 25.7 Å². The van der Waals surface area contributed by atoms with Crippen molar-refractivity contribution in [3.05, 3.63) is 0 Å². The molecule has 0 spiro atoms. The maximum atomic E-state index is 13.2. The molecule has 660 valence electrons. The predicted molar refractivity (Wildman–Crippen MR) is 460 cm³/mol. The van der Waals surface area contributed by atoms with Crippen molar-refractivity contribution in [1.29, 1.82) is 0 Å². The van der Waals surface area contributed by atoms with Gasteiger partial charge in [0.05, 0.1) is 26.4 Å². The Kier molecular flexibility index (Phi) is 84.4. The molecule has 17 nitrogen and oxygen atoms in total. The number of hydrogen-bond acceptors (Lipinski definition) is 15. The van der Waals surface area contributed by atoms with E-state index in [9.17, 15) is 43.2 Å². The number of carbonyl (C=O) groups is 4. The molecule has 3 N–H and O–H groups in total. The number of ether oxygens (including phenoxy) is 4. The number of aliphatic hydroxyl groups excluding tert-OH is 1. The summed E-state index contributed by atoms with van der Waals surface area (Å²) in [5.41, 5.74) is 0. The number of aliphatic hydroxyl groups is 1. The number of hydrogen-bond donors (Lipinski definition) is 3. The van der Waals surface area contributed by atoms with Gasteiger partial charge < -0.3 is 33.8 Å². The first-order valence-corrected chi connectivity index (χ1v) is 50.8. The number of esters is 4. The maximum absolute atomic E-state index is 13.2. The van der Waals surface area contributed by atoms with Crippen LogP contribution in [0.3, 0.4) is 0 Å². The summed E-state index contributed by atoms with van der Waals surface area (Å²) in [5, 5.41) is 10.7. The molecule has 0 aliphatic heterocycles. The highest BCUT2D eigenvalue weighted by Crippen LogP contribution is 2.45. The highest BCUT2D eigenvalue weighted by atomic mass is 31.2. The number of unbranched alkanes of at least 4 members (excludes halogenated alkanes) is 67. The Hall–Kier alpha value is -1.94. The van der Waals surface area contributed by atoms with Crippen molar-refractivity contribution in [1.82, 2.24) is 0 Å². The summed E-state index contributed by atoms with van der Waals surface area (Å²) in [5.74, 6) is -2.09. The third-order valence-electron chi connectivity index (χ3n) is 21.9. The zero-order chi connectivity index (χ0) is 81.0. The molecule has 0 amide bonds. The minimum Gasteiger partial charge on any atom is -0.462 e. The molecule has 0 bridgehead atoms. The van der Waals surface area contributed by atoms with Gasteiger partial charge in [-0.05, 0) is 25.7 Å². The van der Waals surface area contributed by atoms with Gasteiger partial charge in [0.2, 0.25) is 0 Å². The van der Waals surface area contributed by atoms with Crippen LogP contribution in [0.1, 0.15) is 509 Å². The summed E-state index contributed by atoms with van der Waals surface area (Å²) in [6, 6.07) is 0. The Morgan fingerprint density at radius 1 is 0.216 bits per heavy atom. The first-order valence-electron chi connectivity index (χ1n) is 47.8. The molecular formula is C92H180O17P2. The molecule has 0 aromatic carbocycles. The van der Waals surface area contributed by atoms with Gasteiger partial charge in [0.15, 0.2) is 12.2 Å². The second-order valence-corrected chi connectivity index (χ2v) is 36.0. The van der Waals surface area contributed by atoms with E-state index in [1.165, 1.54) is 340 Å². The molecule has 0 radical (unpaired) electrons. The van der Waals surface area contributed by atoms with E-state index in [0.717, 1.165) is 89.9 Å². The highest BCUT2D eigenvalue weighted by Gasteiger charge is 2.31. The summed E-state index contributed by atoms with van der Waals surface area (Å²) in [4.78, 5) is 73.4. The van der Waals surface area contributed by atoms with Crippen LogP contribution in [0.5, 0.6) is 0 Å². The standard InChI is InChI=1S/C92H180O17P2/c1-5-9-13-17-21-25-29-32-35-38-40-42-44-46-49-51-54-57-61-65-69-73-77-90(95)103-83-88(109-92(97)79-75-71-67-63-59-56-53-50-47-45-43-41-39-36-33-30-26-22-18-14-10-6-2)85-107-111(100,101)105-81-86(93)80-104-110(98,99)106-84-87(82-102-89(94)76-72-68-64-60-28-24-20-16-12-8-4)108-91(96)78-74-70-66-62-58-55-52-48-37-34-31-27-23-19-15-11-7-3/h86-88,93H,5-85H2,1-4H3,(H,98,99)(H,100,101)/t86-,87+,88+/m0/s1. The SMILES string of the molecule is CCCCCCCCCCCCCCCCCCCCCCCCC(=O)OC[C@H](COP(=O)(O)OC[C@@H](O)COP(=O)(O)OC[C@@H](COC(=O)CCCCCCCCCCCC)OC(=O)CCCCCCCCCCCCCCCCCCC)OC(=O)CCCCCCCCCCCCCCCCCCCCCCCC. The minimum atomic E-state index is -4.97. The summed E-state index contributed by atoms with van der Waals surface area (Å²) < 4.78 is 69.1. The van der Waals surface area contributed by atoms with Gasteiger partial charge in [-0.25, -0.2) is 9.13 Å². The van der Waals surface area contributed by atoms with E-state index >= 15 is 0 Å². The normalized spacial score (nSPS) is 13.6. The summed E-state index contributed by atoms with van der Waals surface area (Å²) in [6.07, 6.45) is 83.6. The molecule has 0 aromatic rings. The fourth-order valence-corrected chi connectivity index (χ4v) is 16.2. The van der Waals surface area contributed by atoms with E-state index < -0.39 is 97.5 Å². The molecule has 0 heterocycles.